The molecule has 0 aromatic heterocycles. The first-order valence-corrected chi connectivity index (χ1v) is 12.6. The Morgan fingerprint density at radius 1 is 0.900 bits per heavy atom. The number of carbonyl (C=O) groups is 2. The topological polar surface area (TPSA) is 49.4 Å². The number of imide groups is 1. The molecule has 30 heavy (non-hydrogen) atoms. The predicted octanol–water partition coefficient (Wildman–Crippen LogP) is 6.09. The van der Waals surface area contributed by atoms with Gasteiger partial charge in [-0.2, -0.15) is 0 Å². The van der Waals surface area contributed by atoms with Gasteiger partial charge in [0.1, 0.15) is 0 Å². The van der Waals surface area contributed by atoms with Crippen molar-refractivity contribution < 1.29 is 9.59 Å². The molecule has 0 radical (unpaired) electrons. The fraction of sp³-hybridized carbons (Fsp3) is 0.923. The highest BCUT2D eigenvalue weighted by Gasteiger charge is 2.61. The van der Waals surface area contributed by atoms with Crippen molar-refractivity contribution in [1.82, 2.24) is 10.2 Å². The van der Waals surface area contributed by atoms with Crippen LogP contribution in [0.2, 0.25) is 0 Å². The summed E-state index contributed by atoms with van der Waals surface area (Å²) in [4.78, 5) is 27.8. The number of nitrogens with one attached hydrogen (secondary N) is 1. The maximum absolute atomic E-state index is 13.1. The first-order chi connectivity index (χ1) is 14.1. The fourth-order valence-corrected chi connectivity index (χ4v) is 6.10. The molecule has 2 rings (SSSR count). The molecule has 4 nitrogen and oxygen atoms in total. The summed E-state index contributed by atoms with van der Waals surface area (Å²) in [5.74, 6) is 0.169. The molecule has 0 saturated carbocycles. The van der Waals surface area contributed by atoms with Gasteiger partial charge in [-0.25, -0.2) is 0 Å². The Morgan fingerprint density at radius 2 is 1.43 bits per heavy atom. The van der Waals surface area contributed by atoms with Crippen molar-refractivity contribution in [2.75, 3.05) is 13.6 Å². The van der Waals surface area contributed by atoms with E-state index in [-0.39, 0.29) is 28.7 Å². The van der Waals surface area contributed by atoms with Gasteiger partial charge in [0.05, 0.1) is 5.41 Å². The van der Waals surface area contributed by atoms with Gasteiger partial charge in [-0.15, -0.1) is 0 Å². The largest absolute Gasteiger partial charge is 0.301 e. The lowest BCUT2D eigenvalue weighted by Crippen LogP contribution is -2.63. The van der Waals surface area contributed by atoms with E-state index in [4.69, 9.17) is 0 Å². The van der Waals surface area contributed by atoms with Crippen molar-refractivity contribution in [2.24, 2.45) is 16.7 Å². The molecule has 2 fully saturated rings. The van der Waals surface area contributed by atoms with Crippen LogP contribution in [0.5, 0.6) is 0 Å². The second kappa shape index (κ2) is 10.6. The van der Waals surface area contributed by atoms with E-state index >= 15 is 0 Å². The van der Waals surface area contributed by atoms with E-state index in [2.05, 4.69) is 51.9 Å². The molecule has 4 heteroatoms. The van der Waals surface area contributed by atoms with Gasteiger partial charge in [0.15, 0.2) is 0 Å². The third-order valence-electron chi connectivity index (χ3n) is 8.98. The Morgan fingerprint density at radius 3 is 1.93 bits per heavy atom. The number of nitrogens with zero attached hydrogens (tertiary/aromatic N) is 1. The highest BCUT2D eigenvalue weighted by Crippen LogP contribution is 2.57. The van der Waals surface area contributed by atoms with Crippen LogP contribution in [0.3, 0.4) is 0 Å². The number of piperidine rings is 1. The van der Waals surface area contributed by atoms with Gasteiger partial charge in [-0.05, 0) is 51.6 Å². The molecule has 2 aliphatic rings. The molecule has 2 heterocycles. The zero-order chi connectivity index (χ0) is 22.4. The summed E-state index contributed by atoms with van der Waals surface area (Å²) in [6.07, 6.45) is 15.1. The molecule has 2 atom stereocenters. The van der Waals surface area contributed by atoms with Crippen molar-refractivity contribution in [2.45, 2.75) is 124 Å². The van der Waals surface area contributed by atoms with E-state index in [0.29, 0.717) is 6.42 Å². The quantitative estimate of drug-likeness (QED) is 0.307. The molecular formula is C26H48N2O2. The third-order valence-corrected chi connectivity index (χ3v) is 8.98. The molecule has 0 aliphatic carbocycles. The maximum Gasteiger partial charge on any atom is 0.233 e. The summed E-state index contributed by atoms with van der Waals surface area (Å²) in [7, 11) is 2.19. The number of unbranched alkanes of at least 4 members (excludes halogenated alkanes) is 9. The molecule has 0 aromatic rings. The number of likely N-dealkylation sites (tertiary alicyclic amines) is 1. The smallest absolute Gasteiger partial charge is 0.233 e. The van der Waals surface area contributed by atoms with Crippen molar-refractivity contribution in [3.63, 3.8) is 0 Å². The van der Waals surface area contributed by atoms with Gasteiger partial charge in [-0.1, -0.05) is 85.0 Å². The average Bonchev–Trinajstić information content (AvgIpc) is 2.95. The molecular weight excluding hydrogens is 372 g/mol. The van der Waals surface area contributed by atoms with Gasteiger partial charge in [0, 0.05) is 12.0 Å². The lowest BCUT2D eigenvalue weighted by atomic mass is 9.52. The van der Waals surface area contributed by atoms with Crippen LogP contribution in [0.15, 0.2) is 0 Å². The fourth-order valence-electron chi connectivity index (χ4n) is 6.10. The normalized spacial score (nSPS) is 28.7. The molecule has 174 valence electrons. The van der Waals surface area contributed by atoms with Gasteiger partial charge in [0.25, 0.3) is 0 Å². The number of rotatable bonds is 12. The minimum Gasteiger partial charge on any atom is -0.301 e. The Kier molecular flexibility index (Phi) is 8.97. The summed E-state index contributed by atoms with van der Waals surface area (Å²) in [6.45, 7) is 12.5. The third kappa shape index (κ3) is 5.29. The zero-order valence-corrected chi connectivity index (χ0v) is 20.7. The first kappa shape index (κ1) is 25.4. The Balaban J connectivity index is 1.94. The molecule has 2 aliphatic heterocycles. The molecule has 2 saturated heterocycles. The highest BCUT2D eigenvalue weighted by atomic mass is 16.2. The summed E-state index contributed by atoms with van der Waals surface area (Å²) in [6, 6.07) is 0. The van der Waals surface area contributed by atoms with E-state index < -0.39 is 5.41 Å². The van der Waals surface area contributed by atoms with Crippen molar-refractivity contribution in [3.05, 3.63) is 0 Å². The summed E-state index contributed by atoms with van der Waals surface area (Å²) >= 11 is 0. The summed E-state index contributed by atoms with van der Waals surface area (Å²) in [5.41, 5.74) is -0.563. The van der Waals surface area contributed by atoms with E-state index in [1.54, 1.807) is 0 Å². The lowest BCUT2D eigenvalue weighted by Gasteiger charge is -2.60. The van der Waals surface area contributed by atoms with E-state index in [1.165, 1.54) is 57.8 Å². The van der Waals surface area contributed by atoms with E-state index in [1.807, 2.05) is 0 Å². The van der Waals surface area contributed by atoms with Crippen LogP contribution in [0, 0.1) is 16.7 Å². The molecule has 2 amide bonds. The van der Waals surface area contributed by atoms with Crippen LogP contribution in [0.4, 0.5) is 0 Å². The first-order valence-electron chi connectivity index (χ1n) is 12.6. The van der Waals surface area contributed by atoms with Crippen LogP contribution in [0.1, 0.15) is 118 Å². The Labute approximate surface area is 185 Å². The van der Waals surface area contributed by atoms with Gasteiger partial charge in [-0.3, -0.25) is 14.9 Å². The van der Waals surface area contributed by atoms with Crippen LogP contribution < -0.4 is 5.32 Å². The minimum absolute atomic E-state index is 0.00172. The molecule has 0 bridgehead atoms. The van der Waals surface area contributed by atoms with E-state index in [9.17, 15) is 9.59 Å². The number of hydrogen-bond donors (Lipinski definition) is 1. The molecule has 0 spiro atoms. The standard InChI is InChI=1S/C26H48N2O2/c1-7-8-9-10-11-12-13-14-15-16-18-26(20-22(29)27-23(26)30)21-17-19-28(6)25(4,5)24(21,2)3/h21H,7-20H2,1-6H3,(H,27,29,30). The van der Waals surface area contributed by atoms with Crippen molar-refractivity contribution in [3.8, 4) is 0 Å². The van der Waals surface area contributed by atoms with Crippen LogP contribution in [-0.2, 0) is 9.59 Å². The second-order valence-electron chi connectivity index (χ2n) is 11.2. The second-order valence-corrected chi connectivity index (χ2v) is 11.2. The number of carbonyl (C=O) groups excluding carboxylic acids is 2. The Hall–Kier alpha value is -0.900. The number of amides is 2. The van der Waals surface area contributed by atoms with Gasteiger partial charge < -0.3 is 4.90 Å². The van der Waals surface area contributed by atoms with Gasteiger partial charge in [0.2, 0.25) is 11.8 Å². The van der Waals surface area contributed by atoms with Crippen molar-refractivity contribution >= 4 is 11.8 Å². The summed E-state index contributed by atoms with van der Waals surface area (Å²) in [5, 5.41) is 2.68. The molecule has 2 unspecified atom stereocenters. The maximum atomic E-state index is 13.1. The van der Waals surface area contributed by atoms with Crippen LogP contribution >= 0.6 is 0 Å². The molecule has 1 N–H and O–H groups in total. The summed E-state index contributed by atoms with van der Waals surface area (Å²) < 4.78 is 0. The highest BCUT2D eigenvalue weighted by molar-refractivity contribution is 6.06. The van der Waals surface area contributed by atoms with Crippen LogP contribution in [0.25, 0.3) is 0 Å². The zero-order valence-electron chi connectivity index (χ0n) is 20.7. The lowest BCUT2D eigenvalue weighted by molar-refractivity contribution is -0.147. The van der Waals surface area contributed by atoms with Crippen LogP contribution in [-0.4, -0.2) is 35.8 Å². The van der Waals surface area contributed by atoms with Gasteiger partial charge >= 0.3 is 0 Å². The SMILES string of the molecule is CCCCCCCCCCCCC1(C2CCN(C)C(C)(C)C2(C)C)CC(=O)NC1=O. The molecule has 0 aromatic carbocycles. The average molecular weight is 421 g/mol. The van der Waals surface area contributed by atoms with Crippen molar-refractivity contribution in [1.29, 1.82) is 0 Å². The predicted molar refractivity (Wildman–Crippen MR) is 125 cm³/mol. The number of hydrogen-bond acceptors (Lipinski definition) is 3. The Bertz CT molecular complexity index is 584. The minimum atomic E-state index is -0.515. The van der Waals surface area contributed by atoms with E-state index in [0.717, 1.165) is 25.8 Å². The monoisotopic (exact) mass is 420 g/mol.